The number of aromatic nitrogens is 2. The molecule has 1 aliphatic heterocycles. The zero-order chi connectivity index (χ0) is 13.6. The van der Waals surface area contributed by atoms with Crippen molar-refractivity contribution >= 4 is 11.0 Å². The predicted molar refractivity (Wildman–Crippen MR) is 76.0 cm³/mol. The molecule has 0 saturated heterocycles. The molecule has 0 amide bonds. The van der Waals surface area contributed by atoms with Crippen LogP contribution in [0.1, 0.15) is 36.7 Å². The first-order valence-corrected chi connectivity index (χ1v) is 6.91. The van der Waals surface area contributed by atoms with Gasteiger partial charge in [0.1, 0.15) is 5.82 Å². The van der Waals surface area contributed by atoms with Gasteiger partial charge in [-0.3, -0.25) is 4.90 Å². The number of aryl methyl sites for hydroxylation is 1. The van der Waals surface area contributed by atoms with Crippen molar-refractivity contribution < 1.29 is 5.11 Å². The third kappa shape index (κ3) is 2.05. The van der Waals surface area contributed by atoms with Gasteiger partial charge in [-0.05, 0) is 23.3 Å². The lowest BCUT2D eigenvalue weighted by Crippen LogP contribution is -2.20. The first kappa shape index (κ1) is 12.6. The summed E-state index contributed by atoms with van der Waals surface area (Å²) in [6.45, 7) is 7.20. The monoisotopic (exact) mass is 259 g/mol. The summed E-state index contributed by atoms with van der Waals surface area (Å²) in [5, 5.41) is 9.04. The lowest BCUT2D eigenvalue weighted by Gasteiger charge is -2.11. The first-order valence-electron chi connectivity index (χ1n) is 6.91. The van der Waals surface area contributed by atoms with Crippen LogP contribution in [0, 0.1) is 0 Å². The van der Waals surface area contributed by atoms with Crippen molar-refractivity contribution in [3.05, 3.63) is 29.1 Å². The number of β-amino-alcohol motifs (C(OH)–C–C–N with tert-alkyl or cyclic N) is 1. The molecule has 0 saturated carbocycles. The highest BCUT2D eigenvalue weighted by Gasteiger charge is 2.21. The molecule has 102 valence electrons. The molecule has 3 rings (SSSR count). The van der Waals surface area contributed by atoms with Crippen LogP contribution in [0.3, 0.4) is 0 Å². The minimum Gasteiger partial charge on any atom is -0.395 e. The Balaban J connectivity index is 2.04. The van der Waals surface area contributed by atoms with Crippen molar-refractivity contribution in [1.29, 1.82) is 0 Å². The van der Waals surface area contributed by atoms with Crippen molar-refractivity contribution in [2.24, 2.45) is 7.05 Å². The number of aliphatic hydroxyl groups is 1. The first-order chi connectivity index (χ1) is 9.10. The molecule has 1 N–H and O–H groups in total. The Morgan fingerprint density at radius 3 is 2.58 bits per heavy atom. The van der Waals surface area contributed by atoms with Gasteiger partial charge in [0.15, 0.2) is 0 Å². The lowest BCUT2D eigenvalue weighted by molar-refractivity contribution is 0.198. The van der Waals surface area contributed by atoms with Gasteiger partial charge in [-0.25, -0.2) is 4.98 Å². The molecule has 0 spiro atoms. The largest absolute Gasteiger partial charge is 0.395 e. The molecule has 0 bridgehead atoms. The molecule has 0 atom stereocenters. The SMILES string of the molecule is CC(C)c1nc2cc3c(cc2n1C)CN(CCO)C3. The summed E-state index contributed by atoms with van der Waals surface area (Å²) in [7, 11) is 2.09. The van der Waals surface area contributed by atoms with Crippen molar-refractivity contribution in [2.45, 2.75) is 32.9 Å². The van der Waals surface area contributed by atoms with Crippen LogP contribution in [0.4, 0.5) is 0 Å². The average molecular weight is 259 g/mol. The molecule has 2 heterocycles. The van der Waals surface area contributed by atoms with E-state index in [-0.39, 0.29) is 6.61 Å². The molecular weight excluding hydrogens is 238 g/mol. The Kier molecular flexibility index (Phi) is 3.07. The number of fused-ring (bicyclic) bond motifs is 2. The van der Waals surface area contributed by atoms with Crippen LogP contribution in [0.5, 0.6) is 0 Å². The molecular formula is C15H21N3O. The van der Waals surface area contributed by atoms with Gasteiger partial charge < -0.3 is 9.67 Å². The highest BCUT2D eigenvalue weighted by atomic mass is 16.3. The maximum Gasteiger partial charge on any atom is 0.112 e. The summed E-state index contributed by atoms with van der Waals surface area (Å²) in [4.78, 5) is 7.03. The van der Waals surface area contributed by atoms with E-state index in [0.717, 1.165) is 31.0 Å². The molecule has 2 aromatic rings. The van der Waals surface area contributed by atoms with Crippen LogP contribution in [-0.4, -0.2) is 32.7 Å². The number of imidazole rings is 1. The Labute approximate surface area is 113 Å². The fraction of sp³-hybridized carbons (Fsp3) is 0.533. The fourth-order valence-corrected chi connectivity index (χ4v) is 2.99. The standard InChI is InChI=1S/C15H21N3O/c1-10(2)15-16-13-6-11-8-18(4-5-19)9-12(11)7-14(13)17(15)3/h6-7,10,19H,4-5,8-9H2,1-3H3. The van der Waals surface area contributed by atoms with Crippen molar-refractivity contribution in [3.63, 3.8) is 0 Å². The number of aliphatic hydroxyl groups excluding tert-OH is 1. The van der Waals surface area contributed by atoms with E-state index in [1.165, 1.54) is 16.6 Å². The van der Waals surface area contributed by atoms with Crippen LogP contribution in [0.25, 0.3) is 11.0 Å². The Bertz CT molecular complexity index is 615. The third-order valence-corrected chi connectivity index (χ3v) is 3.96. The van der Waals surface area contributed by atoms with E-state index in [9.17, 15) is 0 Å². The Morgan fingerprint density at radius 2 is 1.95 bits per heavy atom. The molecule has 1 aromatic carbocycles. The summed E-state index contributed by atoms with van der Waals surface area (Å²) >= 11 is 0. The summed E-state index contributed by atoms with van der Waals surface area (Å²) in [6, 6.07) is 4.48. The number of hydrogen-bond donors (Lipinski definition) is 1. The van der Waals surface area contributed by atoms with Crippen LogP contribution in [0.2, 0.25) is 0 Å². The second kappa shape index (κ2) is 4.62. The molecule has 1 aromatic heterocycles. The van der Waals surface area contributed by atoms with E-state index in [0.29, 0.717) is 5.92 Å². The maximum atomic E-state index is 9.04. The Morgan fingerprint density at radius 1 is 1.26 bits per heavy atom. The maximum absolute atomic E-state index is 9.04. The smallest absolute Gasteiger partial charge is 0.112 e. The Hall–Kier alpha value is -1.39. The molecule has 0 fully saturated rings. The zero-order valence-electron chi connectivity index (χ0n) is 11.8. The minimum atomic E-state index is 0.225. The molecule has 0 radical (unpaired) electrons. The van der Waals surface area contributed by atoms with E-state index in [1.54, 1.807) is 0 Å². The van der Waals surface area contributed by atoms with Crippen LogP contribution < -0.4 is 0 Å². The summed E-state index contributed by atoms with van der Waals surface area (Å²) in [5.74, 6) is 1.59. The van der Waals surface area contributed by atoms with Crippen LogP contribution in [0.15, 0.2) is 12.1 Å². The van der Waals surface area contributed by atoms with Gasteiger partial charge in [-0.15, -0.1) is 0 Å². The third-order valence-electron chi connectivity index (χ3n) is 3.96. The van der Waals surface area contributed by atoms with Crippen molar-refractivity contribution in [2.75, 3.05) is 13.2 Å². The molecule has 4 nitrogen and oxygen atoms in total. The van der Waals surface area contributed by atoms with Gasteiger partial charge in [0, 0.05) is 32.6 Å². The van der Waals surface area contributed by atoms with Gasteiger partial charge in [0.2, 0.25) is 0 Å². The van der Waals surface area contributed by atoms with E-state index in [2.05, 4.69) is 42.5 Å². The lowest BCUT2D eigenvalue weighted by atomic mass is 10.1. The molecule has 4 heteroatoms. The molecule has 0 aliphatic carbocycles. The minimum absolute atomic E-state index is 0.225. The van der Waals surface area contributed by atoms with Crippen molar-refractivity contribution in [3.8, 4) is 0 Å². The number of hydrogen-bond acceptors (Lipinski definition) is 3. The average Bonchev–Trinajstić information content (AvgIpc) is 2.88. The number of rotatable bonds is 3. The topological polar surface area (TPSA) is 41.3 Å². The molecule has 1 aliphatic rings. The van der Waals surface area contributed by atoms with Gasteiger partial charge in [0.25, 0.3) is 0 Å². The second-order valence-corrected chi connectivity index (χ2v) is 5.73. The van der Waals surface area contributed by atoms with E-state index >= 15 is 0 Å². The number of benzene rings is 1. The van der Waals surface area contributed by atoms with E-state index < -0.39 is 0 Å². The van der Waals surface area contributed by atoms with Gasteiger partial charge >= 0.3 is 0 Å². The van der Waals surface area contributed by atoms with Crippen molar-refractivity contribution in [1.82, 2.24) is 14.5 Å². The van der Waals surface area contributed by atoms with Gasteiger partial charge in [-0.2, -0.15) is 0 Å². The van der Waals surface area contributed by atoms with E-state index in [1.807, 2.05) is 0 Å². The highest BCUT2D eigenvalue weighted by molar-refractivity contribution is 5.78. The van der Waals surface area contributed by atoms with Crippen LogP contribution in [-0.2, 0) is 20.1 Å². The summed E-state index contributed by atoms with van der Waals surface area (Å²) in [6.07, 6.45) is 0. The summed E-state index contributed by atoms with van der Waals surface area (Å²) < 4.78 is 2.20. The van der Waals surface area contributed by atoms with E-state index in [4.69, 9.17) is 10.1 Å². The molecule has 0 unspecified atom stereocenters. The quantitative estimate of drug-likeness (QED) is 0.916. The van der Waals surface area contributed by atoms with Gasteiger partial charge in [0.05, 0.1) is 17.6 Å². The predicted octanol–water partition coefficient (Wildman–Crippen LogP) is 2.00. The number of nitrogens with zero attached hydrogens (tertiary/aromatic N) is 3. The highest BCUT2D eigenvalue weighted by Crippen LogP contribution is 2.29. The summed E-state index contributed by atoms with van der Waals surface area (Å²) in [5.41, 5.74) is 5.04. The van der Waals surface area contributed by atoms with Gasteiger partial charge in [-0.1, -0.05) is 13.8 Å². The van der Waals surface area contributed by atoms with Crippen LogP contribution >= 0.6 is 0 Å². The zero-order valence-corrected chi connectivity index (χ0v) is 11.8. The fourth-order valence-electron chi connectivity index (χ4n) is 2.99. The second-order valence-electron chi connectivity index (χ2n) is 5.73. The molecule has 19 heavy (non-hydrogen) atoms. The normalized spacial score (nSPS) is 15.6.